The molecule has 0 unspecified atom stereocenters. The van der Waals surface area contributed by atoms with Crippen LogP contribution in [0.2, 0.25) is 5.15 Å². The van der Waals surface area contributed by atoms with E-state index in [1.54, 1.807) is 6.20 Å². The van der Waals surface area contributed by atoms with E-state index in [1.807, 2.05) is 56.3 Å². The van der Waals surface area contributed by atoms with Crippen LogP contribution in [0.3, 0.4) is 0 Å². The first-order chi connectivity index (χ1) is 11.3. The normalized spacial score (nSPS) is 9.12. The van der Waals surface area contributed by atoms with Crippen molar-refractivity contribution >= 4 is 23.1 Å². The molecular formula is C18H21ClN4O. The summed E-state index contributed by atoms with van der Waals surface area (Å²) in [5.41, 5.74) is 0.909. The molecule has 0 aliphatic heterocycles. The molecule has 1 N–H and O–H groups in total. The van der Waals surface area contributed by atoms with Gasteiger partial charge in [-0.25, -0.2) is 15.0 Å². The number of nitrogens with zero attached hydrogens (tertiary/aromatic N) is 3. The standard InChI is InChI=1S/C15H11ClN4O.C2H6.CH4/c16-14-15(19-10-9-18-14)21-12-6-4-11(5-7-12)20-13-3-1-2-8-17-13;1-2;/h1-10H,(H,17,20);1-2H3;1H4. The fraction of sp³-hybridized carbons (Fsp3) is 0.167. The van der Waals surface area contributed by atoms with Crippen LogP contribution < -0.4 is 10.1 Å². The van der Waals surface area contributed by atoms with Gasteiger partial charge in [0.15, 0.2) is 5.15 Å². The molecule has 2 heterocycles. The van der Waals surface area contributed by atoms with Crippen molar-refractivity contribution < 1.29 is 4.74 Å². The number of halogens is 1. The molecule has 6 heteroatoms. The Morgan fingerprint density at radius 3 is 2.21 bits per heavy atom. The highest BCUT2D eigenvalue weighted by atomic mass is 35.5. The average Bonchev–Trinajstić information content (AvgIpc) is 2.61. The van der Waals surface area contributed by atoms with E-state index < -0.39 is 0 Å². The van der Waals surface area contributed by atoms with Gasteiger partial charge in [0, 0.05) is 24.3 Å². The zero-order chi connectivity index (χ0) is 16.5. The van der Waals surface area contributed by atoms with Gasteiger partial charge in [0.25, 0.3) is 5.88 Å². The van der Waals surface area contributed by atoms with Crippen molar-refractivity contribution in [3.63, 3.8) is 0 Å². The number of benzene rings is 1. The molecule has 0 bridgehead atoms. The topological polar surface area (TPSA) is 59.9 Å². The zero-order valence-electron chi connectivity index (χ0n) is 12.9. The summed E-state index contributed by atoms with van der Waals surface area (Å²) in [5.74, 6) is 1.69. The van der Waals surface area contributed by atoms with Crippen LogP contribution in [0.1, 0.15) is 21.3 Å². The zero-order valence-corrected chi connectivity index (χ0v) is 13.7. The van der Waals surface area contributed by atoms with Crippen molar-refractivity contribution in [2.45, 2.75) is 21.3 Å². The molecule has 0 spiro atoms. The summed E-state index contributed by atoms with van der Waals surface area (Å²) in [7, 11) is 0. The van der Waals surface area contributed by atoms with Gasteiger partial charge >= 0.3 is 0 Å². The minimum absolute atomic E-state index is 0. The second kappa shape index (κ2) is 10.2. The Kier molecular flexibility index (Phi) is 8.22. The summed E-state index contributed by atoms with van der Waals surface area (Å²) in [5, 5.41) is 3.42. The molecule has 1 aromatic carbocycles. The van der Waals surface area contributed by atoms with Gasteiger partial charge in [0.1, 0.15) is 11.6 Å². The molecule has 24 heavy (non-hydrogen) atoms. The summed E-state index contributed by atoms with van der Waals surface area (Å²) < 4.78 is 5.57. The molecular weight excluding hydrogens is 324 g/mol. The van der Waals surface area contributed by atoms with Crippen molar-refractivity contribution in [1.82, 2.24) is 15.0 Å². The molecule has 3 aromatic rings. The summed E-state index contributed by atoms with van der Waals surface area (Å²) in [6, 6.07) is 13.1. The van der Waals surface area contributed by atoms with E-state index in [-0.39, 0.29) is 18.5 Å². The third-order valence-corrected chi connectivity index (χ3v) is 2.89. The SMILES string of the molecule is C.CC.Clc1nccnc1Oc1ccc(Nc2ccccn2)cc1. The second-order valence-electron chi connectivity index (χ2n) is 4.12. The highest BCUT2D eigenvalue weighted by Gasteiger charge is 2.05. The molecule has 0 fully saturated rings. The molecule has 0 saturated heterocycles. The Hall–Kier alpha value is -2.66. The van der Waals surface area contributed by atoms with Gasteiger partial charge in [0.05, 0.1) is 0 Å². The van der Waals surface area contributed by atoms with Crippen molar-refractivity contribution in [1.29, 1.82) is 0 Å². The number of rotatable bonds is 4. The predicted molar refractivity (Wildman–Crippen MR) is 99.2 cm³/mol. The first-order valence-electron chi connectivity index (χ1n) is 7.24. The molecule has 0 atom stereocenters. The fourth-order valence-corrected chi connectivity index (χ4v) is 1.82. The monoisotopic (exact) mass is 344 g/mol. The maximum atomic E-state index is 5.89. The minimum atomic E-state index is 0. The maximum Gasteiger partial charge on any atom is 0.257 e. The summed E-state index contributed by atoms with van der Waals surface area (Å²) >= 11 is 5.89. The number of hydrogen-bond donors (Lipinski definition) is 1. The average molecular weight is 345 g/mol. The number of ether oxygens (including phenoxy) is 1. The highest BCUT2D eigenvalue weighted by molar-refractivity contribution is 6.30. The predicted octanol–water partition coefficient (Wildman–Crippen LogP) is 5.72. The van der Waals surface area contributed by atoms with Gasteiger partial charge in [-0.15, -0.1) is 0 Å². The van der Waals surface area contributed by atoms with Crippen LogP contribution in [0.25, 0.3) is 0 Å². The van der Waals surface area contributed by atoms with Crippen LogP contribution in [0.5, 0.6) is 11.6 Å². The smallest absolute Gasteiger partial charge is 0.257 e. The van der Waals surface area contributed by atoms with Crippen LogP contribution in [0.4, 0.5) is 11.5 Å². The Labute approximate surface area is 147 Å². The van der Waals surface area contributed by atoms with Crippen LogP contribution in [0, 0.1) is 0 Å². The van der Waals surface area contributed by atoms with Crippen LogP contribution in [-0.4, -0.2) is 15.0 Å². The van der Waals surface area contributed by atoms with Crippen LogP contribution in [0.15, 0.2) is 61.1 Å². The first kappa shape index (κ1) is 19.4. The lowest BCUT2D eigenvalue weighted by atomic mass is 10.3. The number of hydrogen-bond acceptors (Lipinski definition) is 5. The van der Waals surface area contributed by atoms with Gasteiger partial charge in [-0.3, -0.25) is 0 Å². The second-order valence-corrected chi connectivity index (χ2v) is 4.48. The Morgan fingerprint density at radius 1 is 0.875 bits per heavy atom. The lowest BCUT2D eigenvalue weighted by Gasteiger charge is -2.08. The summed E-state index contributed by atoms with van der Waals surface area (Å²) in [6.45, 7) is 4.00. The van der Waals surface area contributed by atoms with Gasteiger partial charge in [-0.2, -0.15) is 0 Å². The molecule has 5 nitrogen and oxygen atoms in total. The van der Waals surface area contributed by atoms with Crippen molar-refractivity contribution in [3.05, 3.63) is 66.2 Å². The molecule has 0 saturated carbocycles. The third kappa shape index (κ3) is 5.52. The molecule has 0 aliphatic rings. The maximum absolute atomic E-state index is 5.89. The van der Waals surface area contributed by atoms with E-state index in [4.69, 9.17) is 16.3 Å². The molecule has 0 aliphatic carbocycles. The van der Waals surface area contributed by atoms with E-state index in [0.29, 0.717) is 5.75 Å². The van der Waals surface area contributed by atoms with Crippen LogP contribution in [-0.2, 0) is 0 Å². The number of aromatic nitrogens is 3. The minimum Gasteiger partial charge on any atom is -0.436 e. The lowest BCUT2D eigenvalue weighted by molar-refractivity contribution is 0.460. The fourth-order valence-electron chi connectivity index (χ4n) is 1.68. The first-order valence-corrected chi connectivity index (χ1v) is 7.61. The Balaban J connectivity index is 0.000000925. The number of pyridine rings is 1. The van der Waals surface area contributed by atoms with Gasteiger partial charge in [0.2, 0.25) is 0 Å². The van der Waals surface area contributed by atoms with Crippen LogP contribution >= 0.6 is 11.6 Å². The largest absolute Gasteiger partial charge is 0.436 e. The lowest BCUT2D eigenvalue weighted by Crippen LogP contribution is -1.93. The van der Waals surface area contributed by atoms with Crippen molar-refractivity contribution in [3.8, 4) is 11.6 Å². The van der Waals surface area contributed by atoms with E-state index in [1.165, 1.54) is 12.4 Å². The third-order valence-electron chi connectivity index (χ3n) is 2.63. The van der Waals surface area contributed by atoms with E-state index in [0.717, 1.165) is 11.5 Å². The van der Waals surface area contributed by atoms with Gasteiger partial charge < -0.3 is 10.1 Å². The molecule has 2 aromatic heterocycles. The van der Waals surface area contributed by atoms with Crippen molar-refractivity contribution in [2.75, 3.05) is 5.32 Å². The highest BCUT2D eigenvalue weighted by Crippen LogP contribution is 2.26. The number of anilines is 2. The quantitative estimate of drug-likeness (QED) is 0.655. The summed E-state index contributed by atoms with van der Waals surface area (Å²) in [6.07, 6.45) is 4.77. The van der Waals surface area contributed by atoms with Gasteiger partial charge in [-0.1, -0.05) is 38.9 Å². The Morgan fingerprint density at radius 2 is 1.58 bits per heavy atom. The van der Waals surface area contributed by atoms with Gasteiger partial charge in [-0.05, 0) is 36.4 Å². The van der Waals surface area contributed by atoms with E-state index >= 15 is 0 Å². The van der Waals surface area contributed by atoms with Crippen molar-refractivity contribution in [2.24, 2.45) is 0 Å². The molecule has 0 radical (unpaired) electrons. The van der Waals surface area contributed by atoms with E-state index in [9.17, 15) is 0 Å². The molecule has 3 rings (SSSR count). The van der Waals surface area contributed by atoms with E-state index in [2.05, 4.69) is 20.3 Å². The molecule has 0 amide bonds. The summed E-state index contributed by atoms with van der Waals surface area (Å²) in [4.78, 5) is 12.1. The number of nitrogens with one attached hydrogen (secondary N) is 1. The molecule has 126 valence electrons. The Bertz CT molecular complexity index is 721.